The second kappa shape index (κ2) is 3.82. The van der Waals surface area contributed by atoms with E-state index in [2.05, 4.69) is 15.1 Å². The maximum absolute atomic E-state index is 11.4. The van der Waals surface area contributed by atoms with Crippen LogP contribution >= 0.6 is 11.6 Å². The molecule has 0 aliphatic rings. The molecular formula is C8H6ClN3O3. The van der Waals surface area contributed by atoms with Crippen LogP contribution in [0.1, 0.15) is 17.4 Å². The van der Waals surface area contributed by atoms with Crippen LogP contribution < -0.4 is 0 Å². The minimum atomic E-state index is -0.604. The van der Waals surface area contributed by atoms with Gasteiger partial charge in [-0.25, -0.2) is 14.8 Å². The molecule has 2 rings (SSSR count). The Hall–Kier alpha value is -1.69. The fourth-order valence-corrected chi connectivity index (χ4v) is 1.18. The molecule has 0 amide bonds. The van der Waals surface area contributed by atoms with Gasteiger partial charge in [0, 0.05) is 0 Å². The van der Waals surface area contributed by atoms with Gasteiger partial charge in [-0.05, 0) is 6.92 Å². The van der Waals surface area contributed by atoms with Crippen molar-refractivity contribution in [2.75, 3.05) is 6.61 Å². The molecule has 0 aliphatic heterocycles. The first-order valence-electron chi connectivity index (χ1n) is 4.17. The smallest absolute Gasteiger partial charge is 0.362 e. The van der Waals surface area contributed by atoms with E-state index in [0.717, 1.165) is 0 Å². The Kier molecular flexibility index (Phi) is 2.51. The Labute approximate surface area is 89.2 Å². The molecule has 0 radical (unpaired) electrons. The quantitative estimate of drug-likeness (QED) is 0.723. The van der Waals surface area contributed by atoms with Gasteiger partial charge in [-0.3, -0.25) is 0 Å². The van der Waals surface area contributed by atoms with Crippen molar-refractivity contribution in [3.05, 3.63) is 17.0 Å². The molecule has 0 unspecified atom stereocenters. The lowest BCUT2D eigenvalue weighted by atomic mass is 10.4. The normalized spacial score (nSPS) is 10.5. The van der Waals surface area contributed by atoms with Crippen LogP contribution in [0.3, 0.4) is 0 Å². The van der Waals surface area contributed by atoms with Gasteiger partial charge in [-0.15, -0.1) is 0 Å². The molecule has 0 spiro atoms. The van der Waals surface area contributed by atoms with Crippen molar-refractivity contribution in [1.29, 1.82) is 0 Å². The summed E-state index contributed by atoms with van der Waals surface area (Å²) in [7, 11) is 0. The lowest BCUT2D eigenvalue weighted by Gasteiger charge is -1.96. The summed E-state index contributed by atoms with van der Waals surface area (Å²) in [5.41, 5.74) is 0.352. The molecule has 0 aliphatic carbocycles. The van der Waals surface area contributed by atoms with Crippen molar-refractivity contribution in [2.45, 2.75) is 6.92 Å². The highest BCUT2D eigenvalue weighted by atomic mass is 35.5. The lowest BCUT2D eigenvalue weighted by molar-refractivity contribution is 0.0516. The Bertz CT molecular complexity index is 511. The summed E-state index contributed by atoms with van der Waals surface area (Å²) in [6, 6.07) is 0. The highest BCUT2D eigenvalue weighted by molar-refractivity contribution is 6.29. The van der Waals surface area contributed by atoms with Crippen molar-refractivity contribution in [1.82, 2.24) is 15.1 Å². The summed E-state index contributed by atoms with van der Waals surface area (Å²) >= 11 is 5.63. The van der Waals surface area contributed by atoms with Crippen molar-refractivity contribution in [3.63, 3.8) is 0 Å². The van der Waals surface area contributed by atoms with Crippen LogP contribution in [0, 0.1) is 0 Å². The number of aromatic nitrogens is 3. The van der Waals surface area contributed by atoms with Crippen molar-refractivity contribution in [2.24, 2.45) is 0 Å². The maximum atomic E-state index is 11.4. The molecule has 0 saturated carbocycles. The number of hydrogen-bond donors (Lipinski definition) is 0. The van der Waals surface area contributed by atoms with E-state index in [1.54, 1.807) is 6.92 Å². The molecule has 15 heavy (non-hydrogen) atoms. The first-order chi connectivity index (χ1) is 7.22. The summed E-state index contributed by atoms with van der Waals surface area (Å²) in [6.07, 6.45) is 1.31. The van der Waals surface area contributed by atoms with E-state index in [0.29, 0.717) is 0 Å². The second-order valence-electron chi connectivity index (χ2n) is 2.60. The zero-order valence-electron chi connectivity index (χ0n) is 7.73. The Morgan fingerprint density at radius 1 is 1.67 bits per heavy atom. The maximum Gasteiger partial charge on any atom is 0.362 e. The topological polar surface area (TPSA) is 78.1 Å². The van der Waals surface area contributed by atoms with E-state index in [9.17, 15) is 4.79 Å². The molecule has 2 heterocycles. The lowest BCUT2D eigenvalue weighted by Crippen LogP contribution is -2.05. The van der Waals surface area contributed by atoms with Gasteiger partial charge < -0.3 is 9.26 Å². The van der Waals surface area contributed by atoms with Crippen LogP contribution in [-0.2, 0) is 4.74 Å². The Balaban J connectivity index is 2.52. The summed E-state index contributed by atoms with van der Waals surface area (Å²) in [5, 5.41) is 3.68. The van der Waals surface area contributed by atoms with Crippen LogP contribution in [0.5, 0.6) is 0 Å². The number of rotatable bonds is 2. The highest BCUT2D eigenvalue weighted by Crippen LogP contribution is 2.16. The van der Waals surface area contributed by atoms with Crippen molar-refractivity contribution < 1.29 is 14.1 Å². The molecule has 0 aromatic carbocycles. The van der Waals surface area contributed by atoms with Gasteiger partial charge in [-0.1, -0.05) is 16.8 Å². The molecule has 2 aromatic heterocycles. The monoisotopic (exact) mass is 227 g/mol. The summed E-state index contributed by atoms with van der Waals surface area (Å²) in [6.45, 7) is 1.94. The summed E-state index contributed by atoms with van der Waals surface area (Å²) in [5.74, 6) is -0.604. The fraction of sp³-hybridized carbons (Fsp3) is 0.250. The van der Waals surface area contributed by atoms with Crippen LogP contribution in [0.4, 0.5) is 0 Å². The molecule has 0 bridgehead atoms. The van der Waals surface area contributed by atoms with Gasteiger partial charge in [0.25, 0.3) is 5.71 Å². The number of ether oxygens (including phenoxy) is 1. The molecule has 78 valence electrons. The molecule has 0 fully saturated rings. The van der Waals surface area contributed by atoms with E-state index < -0.39 is 5.97 Å². The molecule has 7 heteroatoms. The third-order valence-electron chi connectivity index (χ3n) is 1.63. The average molecular weight is 228 g/mol. The standard InChI is InChI=1S/C8H6ClN3O3/c1-2-14-8(13)6-5-7(15-12-6)10-3-4(9)11-5/h3H,2H2,1H3. The number of fused-ring (bicyclic) bond motifs is 1. The van der Waals surface area contributed by atoms with Gasteiger partial charge in [0.15, 0.2) is 5.52 Å². The number of halogens is 1. The zero-order chi connectivity index (χ0) is 10.8. The average Bonchev–Trinajstić information content (AvgIpc) is 2.60. The molecule has 0 saturated heterocycles. The van der Waals surface area contributed by atoms with Gasteiger partial charge in [-0.2, -0.15) is 0 Å². The number of esters is 1. The van der Waals surface area contributed by atoms with Crippen LogP contribution in [-0.4, -0.2) is 27.7 Å². The van der Waals surface area contributed by atoms with E-state index in [-0.39, 0.29) is 28.7 Å². The fourth-order valence-electron chi connectivity index (χ4n) is 1.04. The molecular weight excluding hydrogens is 222 g/mol. The summed E-state index contributed by atoms with van der Waals surface area (Å²) in [4.78, 5) is 19.1. The first kappa shape index (κ1) is 9.85. The molecule has 6 nitrogen and oxygen atoms in total. The van der Waals surface area contributed by atoms with Crippen molar-refractivity contribution in [3.8, 4) is 0 Å². The predicted octanol–water partition coefficient (Wildman–Crippen LogP) is 1.45. The van der Waals surface area contributed by atoms with Crippen molar-refractivity contribution >= 4 is 28.8 Å². The Morgan fingerprint density at radius 2 is 2.47 bits per heavy atom. The van der Waals surface area contributed by atoms with Gasteiger partial charge in [0.2, 0.25) is 5.69 Å². The zero-order valence-corrected chi connectivity index (χ0v) is 8.48. The minimum Gasteiger partial charge on any atom is -0.461 e. The minimum absolute atomic E-state index is 0.0122. The van der Waals surface area contributed by atoms with Crippen LogP contribution in [0.15, 0.2) is 10.7 Å². The third kappa shape index (κ3) is 1.75. The number of carbonyl (C=O) groups is 1. The largest absolute Gasteiger partial charge is 0.461 e. The van der Waals surface area contributed by atoms with Gasteiger partial charge in [0.05, 0.1) is 12.8 Å². The highest BCUT2D eigenvalue weighted by Gasteiger charge is 2.19. The van der Waals surface area contributed by atoms with Gasteiger partial charge >= 0.3 is 5.97 Å². The van der Waals surface area contributed by atoms with E-state index in [1.165, 1.54) is 6.20 Å². The molecule has 2 aromatic rings. The number of carbonyl (C=O) groups excluding carboxylic acids is 1. The Morgan fingerprint density at radius 3 is 3.20 bits per heavy atom. The van der Waals surface area contributed by atoms with Crippen LogP contribution in [0.2, 0.25) is 5.15 Å². The van der Waals surface area contributed by atoms with E-state index in [4.69, 9.17) is 20.9 Å². The SMILES string of the molecule is CCOC(=O)c1noc2ncc(Cl)nc12. The third-order valence-corrected chi connectivity index (χ3v) is 1.81. The van der Waals surface area contributed by atoms with E-state index in [1.807, 2.05) is 0 Å². The predicted molar refractivity (Wildman–Crippen MR) is 50.6 cm³/mol. The van der Waals surface area contributed by atoms with E-state index >= 15 is 0 Å². The number of hydrogen-bond acceptors (Lipinski definition) is 6. The first-order valence-corrected chi connectivity index (χ1v) is 4.55. The number of nitrogens with zero attached hydrogens (tertiary/aromatic N) is 3. The van der Waals surface area contributed by atoms with Gasteiger partial charge in [0.1, 0.15) is 5.15 Å². The second-order valence-corrected chi connectivity index (χ2v) is 2.99. The summed E-state index contributed by atoms with van der Waals surface area (Å²) < 4.78 is 9.55. The molecule has 0 atom stereocenters. The van der Waals surface area contributed by atoms with Crippen LogP contribution in [0.25, 0.3) is 11.2 Å². The molecule has 0 N–H and O–H groups in total.